The van der Waals surface area contributed by atoms with E-state index in [1.165, 1.54) is 5.56 Å². The Kier molecular flexibility index (Phi) is 6.53. The van der Waals surface area contributed by atoms with Crippen LogP contribution < -0.4 is 16.0 Å². The Hall–Kier alpha value is -2.04. The smallest absolute Gasteiger partial charge is 0.315 e. The minimum absolute atomic E-state index is 0.0205. The molecule has 0 radical (unpaired) electrons. The van der Waals surface area contributed by atoms with Gasteiger partial charge >= 0.3 is 6.03 Å². The van der Waals surface area contributed by atoms with Crippen molar-refractivity contribution in [1.82, 2.24) is 16.0 Å². The third kappa shape index (κ3) is 5.23. The molecule has 5 nitrogen and oxygen atoms in total. The highest BCUT2D eigenvalue weighted by Gasteiger charge is 2.30. The second-order valence-corrected chi connectivity index (χ2v) is 7.80. The van der Waals surface area contributed by atoms with E-state index in [0.717, 1.165) is 56.9 Å². The highest BCUT2D eigenvalue weighted by molar-refractivity contribution is 5.79. The summed E-state index contributed by atoms with van der Waals surface area (Å²) in [6.07, 6.45) is 8.41. The van der Waals surface area contributed by atoms with Crippen LogP contribution in [0.2, 0.25) is 0 Å². The topological polar surface area (TPSA) is 70.2 Å². The Labute approximate surface area is 156 Å². The highest BCUT2D eigenvalue weighted by Crippen LogP contribution is 2.26. The first-order chi connectivity index (χ1) is 12.6. The van der Waals surface area contributed by atoms with Crippen molar-refractivity contribution >= 4 is 11.9 Å². The van der Waals surface area contributed by atoms with Gasteiger partial charge in [0.1, 0.15) is 0 Å². The molecule has 1 aromatic rings. The summed E-state index contributed by atoms with van der Waals surface area (Å²) in [5.74, 6) is 0.356. The molecule has 26 heavy (non-hydrogen) atoms. The zero-order valence-electron chi connectivity index (χ0n) is 15.7. The maximum Gasteiger partial charge on any atom is 0.315 e. The van der Waals surface area contributed by atoms with Crippen molar-refractivity contribution in [3.05, 3.63) is 35.4 Å². The Morgan fingerprint density at radius 2 is 1.46 bits per heavy atom. The van der Waals surface area contributed by atoms with Crippen molar-refractivity contribution in [2.45, 2.75) is 76.9 Å². The van der Waals surface area contributed by atoms with Crippen molar-refractivity contribution in [3.63, 3.8) is 0 Å². The fraction of sp³-hybridized carbons (Fsp3) is 0.619. The predicted molar refractivity (Wildman–Crippen MR) is 103 cm³/mol. The fourth-order valence-electron chi connectivity index (χ4n) is 4.07. The first-order valence-corrected chi connectivity index (χ1v) is 10.0. The van der Waals surface area contributed by atoms with Gasteiger partial charge in [-0.25, -0.2) is 4.79 Å². The molecule has 3 amide bonds. The van der Waals surface area contributed by atoms with Crippen molar-refractivity contribution in [1.29, 1.82) is 0 Å². The molecule has 0 saturated heterocycles. The van der Waals surface area contributed by atoms with Crippen molar-refractivity contribution in [3.8, 4) is 0 Å². The average Bonchev–Trinajstić information content (AvgIpc) is 3.18. The Bertz CT molecular complexity index is 608. The molecule has 2 saturated carbocycles. The summed E-state index contributed by atoms with van der Waals surface area (Å²) >= 11 is 0. The summed E-state index contributed by atoms with van der Waals surface area (Å²) in [5.41, 5.74) is 2.29. The van der Waals surface area contributed by atoms with E-state index in [2.05, 4.69) is 16.0 Å². The maximum absolute atomic E-state index is 12.4. The first kappa shape index (κ1) is 18.7. The van der Waals surface area contributed by atoms with Gasteiger partial charge in [0.15, 0.2) is 0 Å². The molecule has 142 valence electrons. The standard InChI is InChI=1S/C21H31N3O2/c1-15-10-12-16(13-11-15)14-22-21(26)24-19-9-5-4-8-18(19)23-20(25)17-6-2-3-7-17/h10-13,17-19H,2-9,14H2,1H3,(H,23,25)(H2,22,24,26). The molecule has 2 atom stereocenters. The first-order valence-electron chi connectivity index (χ1n) is 10.0. The van der Waals surface area contributed by atoms with Crippen LogP contribution in [0, 0.1) is 12.8 Å². The Morgan fingerprint density at radius 3 is 2.12 bits per heavy atom. The summed E-state index contributed by atoms with van der Waals surface area (Å²) in [6.45, 7) is 2.56. The number of amides is 3. The number of rotatable bonds is 5. The second kappa shape index (κ2) is 9.06. The number of hydrogen-bond acceptors (Lipinski definition) is 2. The van der Waals surface area contributed by atoms with Gasteiger partial charge in [0.2, 0.25) is 5.91 Å². The van der Waals surface area contributed by atoms with E-state index in [-0.39, 0.29) is 29.9 Å². The number of carbonyl (C=O) groups excluding carboxylic acids is 2. The number of aryl methyl sites for hydroxylation is 1. The lowest BCUT2D eigenvalue weighted by Gasteiger charge is -2.33. The SMILES string of the molecule is Cc1ccc(CNC(=O)NC2CCCCC2NC(=O)C2CCCC2)cc1. The van der Waals surface area contributed by atoms with Crippen LogP contribution in [0.1, 0.15) is 62.5 Å². The van der Waals surface area contributed by atoms with Gasteiger partial charge in [-0.1, -0.05) is 55.5 Å². The monoisotopic (exact) mass is 357 g/mol. The number of nitrogens with one attached hydrogen (secondary N) is 3. The molecule has 3 N–H and O–H groups in total. The summed E-state index contributed by atoms with van der Waals surface area (Å²) in [4.78, 5) is 24.7. The molecule has 2 aliphatic carbocycles. The van der Waals surface area contributed by atoms with Gasteiger partial charge in [-0.15, -0.1) is 0 Å². The molecule has 2 fully saturated rings. The summed E-state index contributed by atoms with van der Waals surface area (Å²) < 4.78 is 0. The minimum atomic E-state index is -0.155. The van der Waals surface area contributed by atoms with Gasteiger partial charge in [-0.2, -0.15) is 0 Å². The van der Waals surface area contributed by atoms with E-state index in [0.29, 0.717) is 6.54 Å². The van der Waals surface area contributed by atoms with Crippen LogP contribution >= 0.6 is 0 Å². The van der Waals surface area contributed by atoms with Crippen molar-refractivity contribution < 1.29 is 9.59 Å². The Balaban J connectivity index is 1.48. The van der Waals surface area contributed by atoms with Crippen LogP contribution in [-0.2, 0) is 11.3 Å². The van der Waals surface area contributed by atoms with Gasteiger partial charge in [0.05, 0.1) is 6.04 Å². The largest absolute Gasteiger partial charge is 0.351 e. The molecule has 5 heteroatoms. The maximum atomic E-state index is 12.4. The van der Waals surface area contributed by atoms with Crippen LogP contribution in [0.15, 0.2) is 24.3 Å². The summed E-state index contributed by atoms with van der Waals surface area (Å²) in [5, 5.41) is 9.23. The van der Waals surface area contributed by atoms with Crippen LogP contribution in [0.5, 0.6) is 0 Å². The zero-order valence-corrected chi connectivity index (χ0v) is 15.7. The minimum Gasteiger partial charge on any atom is -0.351 e. The second-order valence-electron chi connectivity index (χ2n) is 7.80. The molecule has 2 aliphatic rings. The number of urea groups is 1. The van der Waals surface area contributed by atoms with E-state index in [4.69, 9.17) is 0 Å². The molecule has 0 spiro atoms. The van der Waals surface area contributed by atoms with Crippen LogP contribution in [0.25, 0.3) is 0 Å². The van der Waals surface area contributed by atoms with E-state index in [1.807, 2.05) is 31.2 Å². The summed E-state index contributed by atoms with van der Waals surface area (Å²) in [7, 11) is 0. The molecule has 0 aromatic heterocycles. The molecule has 2 unspecified atom stereocenters. The third-order valence-corrected chi connectivity index (χ3v) is 5.71. The number of benzene rings is 1. The van der Waals surface area contributed by atoms with Gasteiger partial charge in [0.25, 0.3) is 0 Å². The van der Waals surface area contributed by atoms with E-state index < -0.39 is 0 Å². The van der Waals surface area contributed by atoms with Gasteiger partial charge < -0.3 is 16.0 Å². The quantitative estimate of drug-likeness (QED) is 0.756. The lowest BCUT2D eigenvalue weighted by atomic mass is 9.89. The van der Waals surface area contributed by atoms with Crippen LogP contribution in [-0.4, -0.2) is 24.0 Å². The fourth-order valence-corrected chi connectivity index (χ4v) is 4.07. The van der Waals surface area contributed by atoms with E-state index in [9.17, 15) is 9.59 Å². The number of hydrogen-bond donors (Lipinski definition) is 3. The third-order valence-electron chi connectivity index (χ3n) is 5.71. The molecule has 1 aromatic carbocycles. The highest BCUT2D eigenvalue weighted by atomic mass is 16.2. The van der Waals surface area contributed by atoms with Crippen molar-refractivity contribution in [2.75, 3.05) is 0 Å². The summed E-state index contributed by atoms with van der Waals surface area (Å²) in [6, 6.07) is 8.07. The molecular weight excluding hydrogens is 326 g/mol. The van der Waals surface area contributed by atoms with E-state index >= 15 is 0 Å². The predicted octanol–water partition coefficient (Wildman–Crippen LogP) is 3.41. The van der Waals surface area contributed by atoms with Crippen LogP contribution in [0.3, 0.4) is 0 Å². The normalized spacial score (nSPS) is 23.4. The van der Waals surface area contributed by atoms with E-state index in [1.54, 1.807) is 0 Å². The van der Waals surface area contributed by atoms with Gasteiger partial charge in [0, 0.05) is 18.5 Å². The van der Waals surface area contributed by atoms with Crippen LogP contribution in [0.4, 0.5) is 4.79 Å². The molecule has 0 bridgehead atoms. The number of carbonyl (C=O) groups is 2. The van der Waals surface area contributed by atoms with Crippen molar-refractivity contribution in [2.24, 2.45) is 5.92 Å². The molecule has 0 aliphatic heterocycles. The average molecular weight is 357 g/mol. The zero-order chi connectivity index (χ0) is 18.4. The molecular formula is C21H31N3O2. The van der Waals surface area contributed by atoms with Gasteiger partial charge in [-0.3, -0.25) is 4.79 Å². The van der Waals surface area contributed by atoms with Gasteiger partial charge in [-0.05, 0) is 38.2 Å². The molecule has 0 heterocycles. The Morgan fingerprint density at radius 1 is 0.885 bits per heavy atom. The lowest BCUT2D eigenvalue weighted by Crippen LogP contribution is -2.55. The lowest BCUT2D eigenvalue weighted by molar-refractivity contribution is -0.125. The molecule has 3 rings (SSSR count).